The number of hydrogen-bond acceptors (Lipinski definition) is 8. The van der Waals surface area contributed by atoms with Crippen molar-refractivity contribution in [3.8, 4) is 11.4 Å². The average molecular weight is 387 g/mol. The van der Waals surface area contributed by atoms with E-state index in [1.165, 1.54) is 11.3 Å². The molecule has 0 aromatic carbocycles. The summed E-state index contributed by atoms with van der Waals surface area (Å²) in [5.74, 6) is 1.01. The van der Waals surface area contributed by atoms with Crippen molar-refractivity contribution < 1.29 is 13.9 Å². The lowest BCUT2D eigenvalue weighted by Crippen LogP contribution is -2.27. The Morgan fingerprint density at radius 2 is 2.11 bits per heavy atom. The lowest BCUT2D eigenvalue weighted by atomic mass is 9.71. The number of anilines is 1. The van der Waals surface area contributed by atoms with E-state index in [0.717, 1.165) is 30.6 Å². The Morgan fingerprint density at radius 3 is 2.81 bits per heavy atom. The van der Waals surface area contributed by atoms with Gasteiger partial charge in [-0.3, -0.25) is 10.1 Å². The topological polar surface area (TPSA) is 107 Å². The van der Waals surface area contributed by atoms with Crippen LogP contribution in [0.25, 0.3) is 11.4 Å². The lowest BCUT2D eigenvalue weighted by molar-refractivity contribution is 0.101. The molecule has 1 aliphatic rings. The maximum Gasteiger partial charge on any atom is 0.279 e. The summed E-state index contributed by atoms with van der Waals surface area (Å²) >= 11 is 1.31. The zero-order chi connectivity index (χ0) is 19.2. The highest BCUT2D eigenvalue weighted by Crippen LogP contribution is 2.38. The molecule has 1 N–H and O–H groups in total. The van der Waals surface area contributed by atoms with Crippen molar-refractivity contribution in [3.63, 3.8) is 0 Å². The van der Waals surface area contributed by atoms with Crippen LogP contribution < -0.4 is 5.32 Å². The number of nitrogens with zero attached hydrogens (tertiary/aromatic N) is 4. The molecule has 0 saturated carbocycles. The predicted molar refractivity (Wildman–Crippen MR) is 99.6 cm³/mol. The van der Waals surface area contributed by atoms with Crippen molar-refractivity contribution in [1.82, 2.24) is 20.5 Å². The fraction of sp³-hybridized carbons (Fsp3) is 0.500. The molecule has 0 radical (unpaired) electrons. The first kappa shape index (κ1) is 17.8. The van der Waals surface area contributed by atoms with Crippen molar-refractivity contribution in [3.05, 3.63) is 28.1 Å². The Balaban J connectivity index is 1.53. The quantitative estimate of drug-likeness (QED) is 0.726. The molecule has 0 saturated heterocycles. The molecular weight excluding hydrogens is 366 g/mol. The van der Waals surface area contributed by atoms with Gasteiger partial charge in [-0.15, -0.1) is 11.3 Å². The molecule has 4 rings (SSSR count). The highest BCUT2D eigenvalue weighted by atomic mass is 32.1. The predicted octanol–water partition coefficient (Wildman–Crippen LogP) is 3.89. The van der Waals surface area contributed by atoms with Crippen LogP contribution in [0.1, 0.15) is 54.7 Å². The van der Waals surface area contributed by atoms with E-state index in [1.807, 2.05) is 0 Å². The number of carbonyl (C=O) groups excluding carboxylic acids is 1. The number of fused-ring (bicyclic) bond motifs is 1. The fourth-order valence-corrected chi connectivity index (χ4v) is 4.07. The Morgan fingerprint density at radius 1 is 1.30 bits per heavy atom. The van der Waals surface area contributed by atoms with Crippen LogP contribution >= 0.6 is 11.3 Å². The van der Waals surface area contributed by atoms with E-state index in [-0.39, 0.29) is 11.3 Å². The number of aryl methyl sites for hydroxylation is 2. The third kappa shape index (κ3) is 3.39. The van der Waals surface area contributed by atoms with Gasteiger partial charge < -0.3 is 4.52 Å². The maximum atomic E-state index is 12.8. The maximum absolute atomic E-state index is 12.8. The van der Waals surface area contributed by atoms with Crippen LogP contribution in [-0.2, 0) is 12.8 Å². The Bertz CT molecular complexity index is 981. The molecule has 3 aromatic heterocycles. The number of aromatic nitrogens is 4. The minimum absolute atomic E-state index is 0.177. The summed E-state index contributed by atoms with van der Waals surface area (Å²) in [5, 5.41) is 16.7. The van der Waals surface area contributed by atoms with Gasteiger partial charge in [-0.2, -0.15) is 0 Å². The highest BCUT2D eigenvalue weighted by Gasteiger charge is 2.34. The number of hydrogen-bond donors (Lipinski definition) is 1. The second-order valence-electron chi connectivity index (χ2n) is 7.93. The molecule has 3 heterocycles. The van der Waals surface area contributed by atoms with Crippen LogP contribution in [0.5, 0.6) is 0 Å². The standard InChI is InChI=1S/C18H21N5O3S/c1-9-14(23-26-21-9)12-8-27-17(19-12)20-16(24)15-11-7-10(18(2,3)4)5-6-13(11)25-22-15/h8,10H,5-7H2,1-4H3,(H,19,20,24). The van der Waals surface area contributed by atoms with Crippen LogP contribution in [0, 0.1) is 18.3 Å². The average Bonchev–Trinajstić information content (AvgIpc) is 3.32. The van der Waals surface area contributed by atoms with Gasteiger partial charge in [-0.05, 0) is 36.3 Å². The molecule has 0 aliphatic heterocycles. The molecule has 142 valence electrons. The summed E-state index contributed by atoms with van der Waals surface area (Å²) in [7, 11) is 0. The number of carbonyl (C=O) groups is 1. The number of thiazole rings is 1. The summed E-state index contributed by atoms with van der Waals surface area (Å²) < 4.78 is 10.1. The zero-order valence-corrected chi connectivity index (χ0v) is 16.5. The first-order valence-corrected chi connectivity index (χ1v) is 9.74. The van der Waals surface area contributed by atoms with Crippen LogP contribution in [0.4, 0.5) is 5.13 Å². The summed E-state index contributed by atoms with van der Waals surface area (Å²) in [5.41, 5.74) is 3.29. The molecule has 1 amide bonds. The SMILES string of the molecule is Cc1nonc1-c1csc(NC(=O)c2noc3c2CC(C(C)(C)C)CC3)n1. The fourth-order valence-electron chi connectivity index (χ4n) is 3.38. The molecular formula is C18H21N5O3S. The van der Waals surface area contributed by atoms with E-state index in [4.69, 9.17) is 9.15 Å². The van der Waals surface area contributed by atoms with Gasteiger partial charge >= 0.3 is 0 Å². The number of nitrogens with one attached hydrogen (secondary N) is 1. The van der Waals surface area contributed by atoms with Gasteiger partial charge in [0.05, 0.1) is 0 Å². The first-order chi connectivity index (χ1) is 12.8. The Labute approximate surface area is 160 Å². The largest absolute Gasteiger partial charge is 0.360 e. The van der Waals surface area contributed by atoms with Crippen LogP contribution in [0.15, 0.2) is 14.5 Å². The van der Waals surface area contributed by atoms with Crippen molar-refractivity contribution in [2.75, 3.05) is 5.32 Å². The smallest absolute Gasteiger partial charge is 0.279 e. The van der Waals surface area contributed by atoms with E-state index in [1.54, 1.807) is 12.3 Å². The van der Waals surface area contributed by atoms with E-state index in [2.05, 4.69) is 46.5 Å². The van der Waals surface area contributed by atoms with Crippen LogP contribution in [-0.4, -0.2) is 26.4 Å². The molecule has 0 fully saturated rings. The molecule has 0 spiro atoms. The normalized spacial score (nSPS) is 17.0. The van der Waals surface area contributed by atoms with E-state index in [0.29, 0.717) is 33.8 Å². The summed E-state index contributed by atoms with van der Waals surface area (Å²) in [4.78, 5) is 17.1. The van der Waals surface area contributed by atoms with Gasteiger partial charge in [0.1, 0.15) is 17.1 Å². The molecule has 27 heavy (non-hydrogen) atoms. The molecule has 8 nitrogen and oxygen atoms in total. The van der Waals surface area contributed by atoms with Gasteiger partial charge in [-0.1, -0.05) is 31.1 Å². The van der Waals surface area contributed by atoms with E-state index in [9.17, 15) is 4.79 Å². The molecule has 9 heteroatoms. The second-order valence-corrected chi connectivity index (χ2v) is 8.79. The van der Waals surface area contributed by atoms with Gasteiger partial charge in [0.25, 0.3) is 5.91 Å². The minimum Gasteiger partial charge on any atom is -0.360 e. The van der Waals surface area contributed by atoms with Crippen molar-refractivity contribution in [1.29, 1.82) is 0 Å². The minimum atomic E-state index is -0.301. The van der Waals surface area contributed by atoms with Gasteiger partial charge in [0.15, 0.2) is 16.5 Å². The van der Waals surface area contributed by atoms with Crippen molar-refractivity contribution in [2.24, 2.45) is 11.3 Å². The third-order valence-corrected chi connectivity index (χ3v) is 5.86. The Kier molecular flexibility index (Phi) is 4.33. The van der Waals surface area contributed by atoms with Gasteiger partial charge in [-0.25, -0.2) is 9.61 Å². The third-order valence-electron chi connectivity index (χ3n) is 5.10. The van der Waals surface area contributed by atoms with E-state index >= 15 is 0 Å². The number of rotatable bonds is 3. The number of amides is 1. The molecule has 3 aromatic rings. The van der Waals surface area contributed by atoms with Crippen LogP contribution in [0.3, 0.4) is 0 Å². The van der Waals surface area contributed by atoms with Gasteiger partial charge in [0, 0.05) is 17.4 Å². The highest BCUT2D eigenvalue weighted by molar-refractivity contribution is 7.14. The molecule has 0 bridgehead atoms. The monoisotopic (exact) mass is 387 g/mol. The molecule has 1 atom stereocenters. The molecule has 1 unspecified atom stereocenters. The summed E-state index contributed by atoms with van der Waals surface area (Å²) in [6.07, 6.45) is 2.67. The second kappa shape index (κ2) is 6.56. The van der Waals surface area contributed by atoms with Crippen LogP contribution in [0.2, 0.25) is 0 Å². The first-order valence-electron chi connectivity index (χ1n) is 8.86. The molecule has 1 aliphatic carbocycles. The Hall–Kier alpha value is -2.55. The summed E-state index contributed by atoms with van der Waals surface area (Å²) in [6.45, 7) is 8.48. The lowest BCUT2D eigenvalue weighted by Gasteiger charge is -2.33. The zero-order valence-electron chi connectivity index (χ0n) is 15.7. The summed E-state index contributed by atoms with van der Waals surface area (Å²) in [6, 6.07) is 0. The van der Waals surface area contributed by atoms with E-state index < -0.39 is 0 Å². The van der Waals surface area contributed by atoms with Crippen molar-refractivity contribution >= 4 is 22.4 Å². The van der Waals surface area contributed by atoms with Crippen molar-refractivity contribution in [2.45, 2.75) is 47.0 Å². The van der Waals surface area contributed by atoms with Gasteiger partial charge in [0.2, 0.25) is 0 Å².